The summed E-state index contributed by atoms with van der Waals surface area (Å²) < 4.78 is 16.8. The number of ether oxygens (including phenoxy) is 3. The van der Waals surface area contributed by atoms with Gasteiger partial charge >= 0.3 is 17.9 Å². The lowest BCUT2D eigenvalue weighted by Gasteiger charge is -2.18. The minimum atomic E-state index is -0.802. The molecule has 0 radical (unpaired) electrons. The SMILES string of the molecule is CC/C=C\C/C=C\C/C=C\C/C=C\CCCCCC(=O)OC(COC(=O)CCCCCCCCC/C=C\C/C=C\CC)COC(=O)CCCCCCCCC/C=C\C/C=C\CCCCC. The Morgan fingerprint density at radius 2 is 0.600 bits per heavy atom. The Morgan fingerprint density at radius 1 is 0.323 bits per heavy atom. The maximum atomic E-state index is 12.8. The average molecular weight is 903 g/mol. The highest BCUT2D eigenvalue weighted by Crippen LogP contribution is 2.14. The fourth-order valence-corrected chi connectivity index (χ4v) is 7.09. The van der Waals surface area contributed by atoms with Crippen LogP contribution in [0.2, 0.25) is 0 Å². The van der Waals surface area contributed by atoms with E-state index in [0.717, 1.165) is 122 Å². The summed E-state index contributed by atoms with van der Waals surface area (Å²) in [4.78, 5) is 38.1. The van der Waals surface area contributed by atoms with Crippen molar-refractivity contribution in [1.29, 1.82) is 0 Å². The van der Waals surface area contributed by atoms with E-state index < -0.39 is 6.10 Å². The van der Waals surface area contributed by atoms with Gasteiger partial charge in [0.05, 0.1) is 0 Å². The van der Waals surface area contributed by atoms with Gasteiger partial charge in [0.2, 0.25) is 0 Å². The number of carbonyl (C=O) groups excluding carboxylic acids is 3. The Labute approximate surface area is 400 Å². The molecule has 0 N–H and O–H groups in total. The van der Waals surface area contributed by atoms with Crippen molar-refractivity contribution < 1.29 is 28.6 Å². The van der Waals surface area contributed by atoms with E-state index in [9.17, 15) is 14.4 Å². The molecule has 0 spiro atoms. The first-order valence-corrected chi connectivity index (χ1v) is 26.7. The summed E-state index contributed by atoms with van der Waals surface area (Å²) in [5.41, 5.74) is 0. The van der Waals surface area contributed by atoms with Crippen LogP contribution in [-0.4, -0.2) is 37.2 Å². The van der Waals surface area contributed by atoms with Gasteiger partial charge in [0.25, 0.3) is 0 Å². The number of unbranched alkanes of at least 4 members (excludes halogenated alkanes) is 20. The molecule has 0 saturated carbocycles. The van der Waals surface area contributed by atoms with Crippen molar-refractivity contribution in [2.45, 2.75) is 245 Å². The van der Waals surface area contributed by atoms with Crippen LogP contribution in [0.1, 0.15) is 239 Å². The lowest BCUT2D eigenvalue weighted by molar-refractivity contribution is -0.167. The Balaban J connectivity index is 4.47. The van der Waals surface area contributed by atoms with Crippen LogP contribution in [0.4, 0.5) is 0 Å². The third-order valence-electron chi connectivity index (χ3n) is 11.1. The Morgan fingerprint density at radius 3 is 0.954 bits per heavy atom. The molecule has 1 unspecified atom stereocenters. The van der Waals surface area contributed by atoms with Crippen molar-refractivity contribution in [3.05, 3.63) is 97.2 Å². The Hall–Kier alpha value is -3.67. The van der Waals surface area contributed by atoms with Crippen LogP contribution < -0.4 is 0 Å². The van der Waals surface area contributed by atoms with Crippen molar-refractivity contribution in [2.24, 2.45) is 0 Å². The second-order valence-electron chi connectivity index (χ2n) is 17.4. The first-order valence-electron chi connectivity index (χ1n) is 26.7. The lowest BCUT2D eigenvalue weighted by Crippen LogP contribution is -2.30. The third-order valence-corrected chi connectivity index (χ3v) is 11.1. The first kappa shape index (κ1) is 61.3. The molecule has 0 bridgehead atoms. The van der Waals surface area contributed by atoms with Gasteiger partial charge in [0, 0.05) is 19.3 Å². The zero-order valence-electron chi connectivity index (χ0n) is 42.2. The van der Waals surface area contributed by atoms with E-state index >= 15 is 0 Å². The topological polar surface area (TPSA) is 78.9 Å². The van der Waals surface area contributed by atoms with Crippen molar-refractivity contribution in [3.8, 4) is 0 Å². The molecule has 0 heterocycles. The molecular weight excluding hydrogens is 805 g/mol. The van der Waals surface area contributed by atoms with E-state index in [1.54, 1.807) is 0 Å². The highest BCUT2D eigenvalue weighted by molar-refractivity contribution is 5.71. The molecule has 0 aromatic carbocycles. The predicted octanol–water partition coefficient (Wildman–Crippen LogP) is 17.8. The fraction of sp³-hybridized carbons (Fsp3) is 0.678. The van der Waals surface area contributed by atoms with Crippen molar-refractivity contribution in [3.63, 3.8) is 0 Å². The Bertz CT molecular complexity index is 1310. The maximum Gasteiger partial charge on any atom is 0.306 e. The summed E-state index contributed by atoms with van der Waals surface area (Å²) in [6, 6.07) is 0. The number of hydrogen-bond acceptors (Lipinski definition) is 6. The molecule has 0 amide bonds. The number of esters is 3. The van der Waals surface area contributed by atoms with Crippen LogP contribution >= 0.6 is 0 Å². The molecule has 6 nitrogen and oxygen atoms in total. The van der Waals surface area contributed by atoms with Gasteiger partial charge in [-0.25, -0.2) is 0 Å². The molecule has 0 saturated heterocycles. The van der Waals surface area contributed by atoms with Crippen LogP contribution in [0.3, 0.4) is 0 Å². The highest BCUT2D eigenvalue weighted by atomic mass is 16.6. The van der Waals surface area contributed by atoms with Crippen molar-refractivity contribution in [2.75, 3.05) is 13.2 Å². The van der Waals surface area contributed by atoms with Crippen LogP contribution in [0, 0.1) is 0 Å². The van der Waals surface area contributed by atoms with Gasteiger partial charge in [-0.1, -0.05) is 201 Å². The molecular formula is C59H98O6. The van der Waals surface area contributed by atoms with Gasteiger partial charge in [-0.3, -0.25) is 14.4 Å². The summed E-state index contributed by atoms with van der Waals surface area (Å²) in [6.07, 6.45) is 69.6. The first-order chi connectivity index (χ1) is 32.0. The van der Waals surface area contributed by atoms with E-state index in [1.807, 2.05) is 0 Å². The molecule has 6 heteroatoms. The highest BCUT2D eigenvalue weighted by Gasteiger charge is 2.19. The summed E-state index contributed by atoms with van der Waals surface area (Å²) in [6.45, 7) is 6.35. The van der Waals surface area contributed by atoms with E-state index in [2.05, 4.69) is 118 Å². The fourth-order valence-electron chi connectivity index (χ4n) is 7.09. The van der Waals surface area contributed by atoms with Gasteiger partial charge in [0.15, 0.2) is 6.10 Å². The van der Waals surface area contributed by atoms with E-state index in [0.29, 0.717) is 12.8 Å². The van der Waals surface area contributed by atoms with E-state index in [-0.39, 0.29) is 37.5 Å². The molecule has 0 aliphatic rings. The van der Waals surface area contributed by atoms with E-state index in [1.165, 1.54) is 77.0 Å². The second-order valence-corrected chi connectivity index (χ2v) is 17.4. The molecule has 370 valence electrons. The van der Waals surface area contributed by atoms with E-state index in [4.69, 9.17) is 14.2 Å². The minimum Gasteiger partial charge on any atom is -0.462 e. The normalized spacial score (nSPS) is 12.8. The van der Waals surface area contributed by atoms with Gasteiger partial charge in [0.1, 0.15) is 13.2 Å². The zero-order valence-corrected chi connectivity index (χ0v) is 42.2. The summed E-state index contributed by atoms with van der Waals surface area (Å²) in [5, 5.41) is 0. The molecule has 0 fully saturated rings. The van der Waals surface area contributed by atoms with Crippen LogP contribution in [0.5, 0.6) is 0 Å². The van der Waals surface area contributed by atoms with Gasteiger partial charge in [-0.05, 0) is 116 Å². The molecule has 65 heavy (non-hydrogen) atoms. The average Bonchev–Trinajstić information content (AvgIpc) is 3.30. The predicted molar refractivity (Wildman–Crippen MR) is 279 cm³/mol. The summed E-state index contributed by atoms with van der Waals surface area (Å²) in [7, 11) is 0. The third kappa shape index (κ3) is 51.2. The van der Waals surface area contributed by atoms with Crippen LogP contribution in [-0.2, 0) is 28.6 Å². The zero-order chi connectivity index (χ0) is 47.2. The molecule has 0 aromatic rings. The quantitative estimate of drug-likeness (QED) is 0.0262. The monoisotopic (exact) mass is 903 g/mol. The number of hydrogen-bond donors (Lipinski definition) is 0. The largest absolute Gasteiger partial charge is 0.462 e. The Kier molecular flexibility index (Phi) is 50.0. The molecule has 0 aliphatic heterocycles. The standard InChI is InChI=1S/C59H98O6/c1-4-7-10-13-16-19-22-25-28-30-32-34-37-40-43-46-49-52-58(61)64-55-56(54-63-57(60)51-48-45-42-39-36-33-27-24-21-18-15-12-9-6-3)65-59(62)53-50-47-44-41-38-35-31-29-26-23-20-17-14-11-8-5-2/h8-9,11-12,16-21,25-26,28-29,35,38,56H,4-7,10,13-15,22-24,27,30-34,36-37,39-55H2,1-3H3/b11-8-,12-9-,19-16-,20-17-,21-18-,28-25-,29-26-,38-35-. The van der Waals surface area contributed by atoms with Crippen molar-refractivity contribution >= 4 is 17.9 Å². The van der Waals surface area contributed by atoms with Crippen molar-refractivity contribution in [1.82, 2.24) is 0 Å². The number of carbonyl (C=O) groups is 3. The summed E-state index contributed by atoms with van der Waals surface area (Å²) in [5.74, 6) is -0.946. The molecule has 0 aliphatic carbocycles. The van der Waals surface area contributed by atoms with Gasteiger partial charge in [-0.15, -0.1) is 0 Å². The number of rotatable bonds is 47. The number of allylic oxidation sites excluding steroid dienone is 16. The summed E-state index contributed by atoms with van der Waals surface area (Å²) >= 11 is 0. The lowest BCUT2D eigenvalue weighted by atomic mass is 10.1. The molecule has 1 atom stereocenters. The smallest absolute Gasteiger partial charge is 0.306 e. The minimum absolute atomic E-state index is 0.0981. The van der Waals surface area contributed by atoms with Crippen LogP contribution in [0.15, 0.2) is 97.2 Å². The molecule has 0 aromatic heterocycles. The van der Waals surface area contributed by atoms with Crippen LogP contribution in [0.25, 0.3) is 0 Å². The van der Waals surface area contributed by atoms with Gasteiger partial charge < -0.3 is 14.2 Å². The van der Waals surface area contributed by atoms with Gasteiger partial charge in [-0.2, -0.15) is 0 Å². The molecule has 0 rings (SSSR count). The maximum absolute atomic E-state index is 12.8. The second kappa shape index (κ2) is 52.9.